The number of hydrogen-bond acceptors (Lipinski definition) is 3. The molecule has 1 aromatic carbocycles. The van der Waals surface area contributed by atoms with Crippen molar-refractivity contribution in [2.24, 2.45) is 0 Å². The van der Waals surface area contributed by atoms with Crippen molar-refractivity contribution >= 4 is 10.1 Å². The van der Waals surface area contributed by atoms with Crippen LogP contribution in [0.25, 0.3) is 0 Å². The summed E-state index contributed by atoms with van der Waals surface area (Å²) < 4.78 is 30.8. The molecule has 0 bridgehead atoms. The van der Waals surface area contributed by atoms with Crippen LogP contribution in [0.2, 0.25) is 0 Å². The van der Waals surface area contributed by atoms with Gasteiger partial charge in [0.1, 0.15) is 10.1 Å². The van der Waals surface area contributed by atoms with Gasteiger partial charge in [-0.2, -0.15) is 0 Å². The molecule has 0 aliphatic rings. The summed E-state index contributed by atoms with van der Waals surface area (Å²) in [5, 5.41) is 0. The molecule has 0 atom stereocenters. The Morgan fingerprint density at radius 2 is 1.09 bits per heavy atom. The summed E-state index contributed by atoms with van der Waals surface area (Å²) in [6, 6.07) is 7.19. The standard InChI is InChI=1S/C12H26.C6H6O3S.K/c1-3-5-7-9-11-12-10-8-6-4-2;7-10(8,9)6-4-2-1-3-5-6;/h3-12H2,1-2H3;1-5H,(H,7,8,9);/q;;+1/p-1. The molecule has 0 fully saturated rings. The van der Waals surface area contributed by atoms with E-state index in [1.807, 2.05) is 0 Å². The van der Waals surface area contributed by atoms with E-state index < -0.39 is 10.1 Å². The quantitative estimate of drug-likeness (QED) is 0.363. The minimum Gasteiger partial charge on any atom is -0.744 e. The predicted octanol–water partition coefficient (Wildman–Crippen LogP) is 2.52. The fraction of sp³-hybridized carbons (Fsp3) is 0.667. The number of rotatable bonds is 10. The van der Waals surface area contributed by atoms with Gasteiger partial charge in [-0.15, -0.1) is 0 Å². The molecule has 0 aromatic heterocycles. The third kappa shape index (κ3) is 17.4. The zero-order chi connectivity index (χ0) is 16.7. The minimum absolute atomic E-state index is 0. The Bertz CT molecular complexity index is 437. The van der Waals surface area contributed by atoms with Gasteiger partial charge in [-0.1, -0.05) is 96.3 Å². The van der Waals surface area contributed by atoms with Crippen molar-refractivity contribution in [3.8, 4) is 0 Å². The second kappa shape index (κ2) is 17.6. The van der Waals surface area contributed by atoms with Gasteiger partial charge in [0.25, 0.3) is 0 Å². The van der Waals surface area contributed by atoms with Crippen molar-refractivity contribution in [2.75, 3.05) is 0 Å². The second-order valence-corrected chi connectivity index (χ2v) is 6.98. The molecule has 0 radical (unpaired) electrons. The number of hydrogen-bond donors (Lipinski definition) is 0. The first-order chi connectivity index (χ1) is 10.5. The minimum atomic E-state index is -4.25. The van der Waals surface area contributed by atoms with Gasteiger partial charge < -0.3 is 4.55 Å². The zero-order valence-corrected chi connectivity index (χ0v) is 19.0. The second-order valence-electron chi connectivity index (χ2n) is 5.60. The summed E-state index contributed by atoms with van der Waals surface area (Å²) in [4.78, 5) is -0.185. The van der Waals surface area contributed by atoms with E-state index in [9.17, 15) is 13.0 Å². The first-order valence-electron chi connectivity index (χ1n) is 8.53. The molecule has 0 amide bonds. The summed E-state index contributed by atoms with van der Waals surface area (Å²) in [5.74, 6) is 0. The van der Waals surface area contributed by atoms with Crippen LogP contribution in [-0.4, -0.2) is 13.0 Å². The van der Waals surface area contributed by atoms with E-state index >= 15 is 0 Å². The molecule has 23 heavy (non-hydrogen) atoms. The number of benzene rings is 1. The third-order valence-electron chi connectivity index (χ3n) is 3.49. The molecule has 0 unspecified atom stereocenters. The molecule has 0 aliphatic carbocycles. The number of unbranched alkanes of at least 4 members (excludes halogenated alkanes) is 9. The first kappa shape index (κ1) is 26.0. The molecule has 0 spiro atoms. The van der Waals surface area contributed by atoms with E-state index in [1.54, 1.807) is 6.07 Å². The SMILES string of the molecule is CCCCCCCCCCCC.O=S(=O)([O-])c1ccccc1.[K+]. The maximum absolute atomic E-state index is 10.3. The molecule has 0 heterocycles. The third-order valence-corrected chi connectivity index (χ3v) is 4.34. The van der Waals surface area contributed by atoms with Crippen molar-refractivity contribution in [1.82, 2.24) is 0 Å². The van der Waals surface area contributed by atoms with Crippen LogP contribution in [0.5, 0.6) is 0 Å². The first-order valence-corrected chi connectivity index (χ1v) is 9.94. The summed E-state index contributed by atoms with van der Waals surface area (Å²) in [7, 11) is -4.25. The van der Waals surface area contributed by atoms with Crippen molar-refractivity contribution in [2.45, 2.75) is 83.0 Å². The van der Waals surface area contributed by atoms with Crippen LogP contribution in [0.4, 0.5) is 0 Å². The predicted molar refractivity (Wildman–Crippen MR) is 91.9 cm³/mol. The van der Waals surface area contributed by atoms with Gasteiger partial charge in [-0.25, -0.2) is 8.42 Å². The Morgan fingerprint density at radius 1 is 0.739 bits per heavy atom. The Hall–Kier alpha value is 0.766. The zero-order valence-electron chi connectivity index (χ0n) is 15.1. The van der Waals surface area contributed by atoms with Crippen LogP contribution in [0.3, 0.4) is 0 Å². The van der Waals surface area contributed by atoms with Gasteiger partial charge in [-0.3, -0.25) is 0 Å². The van der Waals surface area contributed by atoms with Crippen LogP contribution in [0.1, 0.15) is 78.1 Å². The molecule has 0 aliphatic heterocycles. The summed E-state index contributed by atoms with van der Waals surface area (Å²) in [6.45, 7) is 4.56. The van der Waals surface area contributed by atoms with Gasteiger partial charge in [0.2, 0.25) is 0 Å². The fourth-order valence-corrected chi connectivity index (χ4v) is 2.64. The van der Waals surface area contributed by atoms with Gasteiger partial charge in [-0.05, 0) is 12.1 Å². The van der Waals surface area contributed by atoms with Crippen LogP contribution in [0, 0.1) is 0 Å². The molecule has 0 saturated carbocycles. The van der Waals surface area contributed by atoms with Gasteiger partial charge >= 0.3 is 51.4 Å². The molecule has 0 N–H and O–H groups in total. The van der Waals surface area contributed by atoms with Crippen molar-refractivity contribution in [3.05, 3.63) is 30.3 Å². The summed E-state index contributed by atoms with van der Waals surface area (Å²) in [5.41, 5.74) is 0. The normalized spacial score (nSPS) is 10.4. The molecule has 0 saturated heterocycles. The molecule has 128 valence electrons. The van der Waals surface area contributed by atoms with Crippen LogP contribution in [0.15, 0.2) is 35.2 Å². The largest absolute Gasteiger partial charge is 1.00 e. The molecular formula is C18H31KO3S. The molecule has 5 heteroatoms. The average molecular weight is 367 g/mol. The van der Waals surface area contributed by atoms with Crippen molar-refractivity contribution in [1.29, 1.82) is 0 Å². The summed E-state index contributed by atoms with van der Waals surface area (Å²) in [6.07, 6.45) is 14.4. The van der Waals surface area contributed by atoms with Gasteiger partial charge in [0, 0.05) is 0 Å². The van der Waals surface area contributed by atoms with E-state index in [1.165, 1.54) is 88.5 Å². The van der Waals surface area contributed by atoms with E-state index in [2.05, 4.69) is 13.8 Å². The molecule has 1 aromatic rings. The van der Waals surface area contributed by atoms with Crippen molar-refractivity contribution in [3.63, 3.8) is 0 Å². The van der Waals surface area contributed by atoms with E-state index in [0.29, 0.717) is 0 Å². The van der Waals surface area contributed by atoms with Gasteiger partial charge in [0.05, 0.1) is 4.90 Å². The average Bonchev–Trinajstić information content (AvgIpc) is 2.51. The topological polar surface area (TPSA) is 57.2 Å². The van der Waals surface area contributed by atoms with E-state index in [0.717, 1.165) is 0 Å². The molecule has 1 rings (SSSR count). The maximum Gasteiger partial charge on any atom is 1.00 e. The van der Waals surface area contributed by atoms with Crippen LogP contribution in [-0.2, 0) is 10.1 Å². The van der Waals surface area contributed by atoms with Crippen molar-refractivity contribution < 1.29 is 64.4 Å². The Labute approximate surface area is 185 Å². The van der Waals surface area contributed by atoms with Gasteiger partial charge in [0.15, 0.2) is 0 Å². The Kier molecular flexibility index (Phi) is 19.9. The molecule has 3 nitrogen and oxygen atoms in total. The fourth-order valence-electron chi connectivity index (χ4n) is 2.15. The van der Waals surface area contributed by atoms with E-state index in [-0.39, 0.29) is 56.3 Å². The monoisotopic (exact) mass is 366 g/mol. The van der Waals surface area contributed by atoms with E-state index in [4.69, 9.17) is 0 Å². The Morgan fingerprint density at radius 3 is 1.35 bits per heavy atom. The Balaban J connectivity index is 0. The molecular weight excluding hydrogens is 335 g/mol. The smallest absolute Gasteiger partial charge is 0.744 e. The van der Waals surface area contributed by atoms with Crippen LogP contribution >= 0.6 is 0 Å². The summed E-state index contributed by atoms with van der Waals surface area (Å²) >= 11 is 0. The maximum atomic E-state index is 10.3. The van der Waals surface area contributed by atoms with Crippen LogP contribution < -0.4 is 51.4 Å².